The summed E-state index contributed by atoms with van der Waals surface area (Å²) < 4.78 is 2.17. The van der Waals surface area contributed by atoms with E-state index < -0.39 is 0 Å². The summed E-state index contributed by atoms with van der Waals surface area (Å²) in [6, 6.07) is 13.9. The highest BCUT2D eigenvalue weighted by Gasteiger charge is 2.30. The van der Waals surface area contributed by atoms with Gasteiger partial charge in [-0.05, 0) is 30.7 Å². The van der Waals surface area contributed by atoms with E-state index in [-0.39, 0.29) is 11.8 Å². The number of para-hydroxylation sites is 1. The zero-order chi connectivity index (χ0) is 12.5. The predicted molar refractivity (Wildman–Crippen MR) is 71.6 cm³/mol. The van der Waals surface area contributed by atoms with Gasteiger partial charge in [-0.3, -0.25) is 4.79 Å². The van der Waals surface area contributed by atoms with Crippen molar-refractivity contribution in [3.05, 3.63) is 54.4 Å². The fourth-order valence-corrected chi connectivity index (χ4v) is 2.63. The molecule has 92 valence electrons. The molecule has 1 unspecified atom stereocenters. The van der Waals surface area contributed by atoms with Gasteiger partial charge in [0.2, 0.25) is 5.91 Å². The highest BCUT2D eigenvalue weighted by molar-refractivity contribution is 5.97. The number of amides is 1. The second kappa shape index (κ2) is 4.33. The number of hydrogen-bond donors (Lipinski definition) is 0. The van der Waals surface area contributed by atoms with Gasteiger partial charge in [-0.15, -0.1) is 0 Å². The van der Waals surface area contributed by atoms with Crippen LogP contribution in [0.1, 0.15) is 18.0 Å². The molecule has 0 spiro atoms. The summed E-state index contributed by atoms with van der Waals surface area (Å²) in [5.41, 5.74) is 2.09. The van der Waals surface area contributed by atoms with Crippen LogP contribution in [0.5, 0.6) is 0 Å². The maximum Gasteiger partial charge on any atom is 0.235 e. The van der Waals surface area contributed by atoms with Gasteiger partial charge in [0.1, 0.15) is 0 Å². The number of benzene rings is 1. The van der Waals surface area contributed by atoms with Gasteiger partial charge in [0.05, 0.1) is 5.92 Å². The summed E-state index contributed by atoms with van der Waals surface area (Å²) in [6.07, 6.45) is 2.96. The molecule has 1 aliphatic heterocycles. The van der Waals surface area contributed by atoms with E-state index in [0.29, 0.717) is 0 Å². The third-order valence-electron chi connectivity index (χ3n) is 3.65. The number of carbonyl (C=O) groups excluding carboxylic acids is 1. The highest BCUT2D eigenvalue weighted by Crippen LogP contribution is 2.31. The van der Waals surface area contributed by atoms with Crippen molar-refractivity contribution in [1.29, 1.82) is 0 Å². The standard InChI is InChI=1S/C15H16N2O/c1-16(12-6-3-2-4-7-12)15(18)13-9-11-17-10-5-8-14(13)17/h2-8,10,13H,9,11H2,1H3. The van der Waals surface area contributed by atoms with Crippen molar-refractivity contribution < 1.29 is 4.79 Å². The van der Waals surface area contributed by atoms with Crippen molar-refractivity contribution in [2.75, 3.05) is 11.9 Å². The SMILES string of the molecule is CN(C(=O)C1CCn2cccc21)c1ccccc1. The lowest BCUT2D eigenvalue weighted by molar-refractivity contribution is -0.119. The van der Waals surface area contributed by atoms with Gasteiger partial charge in [0.25, 0.3) is 0 Å². The highest BCUT2D eigenvalue weighted by atomic mass is 16.2. The van der Waals surface area contributed by atoms with Gasteiger partial charge >= 0.3 is 0 Å². The molecule has 1 aromatic carbocycles. The molecule has 0 saturated carbocycles. The largest absolute Gasteiger partial charge is 0.351 e. The average Bonchev–Trinajstić information content (AvgIpc) is 3.00. The average molecular weight is 240 g/mol. The quantitative estimate of drug-likeness (QED) is 0.792. The molecule has 1 atom stereocenters. The van der Waals surface area contributed by atoms with Crippen LogP contribution in [0, 0.1) is 0 Å². The Balaban J connectivity index is 1.84. The third kappa shape index (κ3) is 1.72. The van der Waals surface area contributed by atoms with E-state index in [9.17, 15) is 4.79 Å². The van der Waals surface area contributed by atoms with E-state index >= 15 is 0 Å². The number of fused-ring (bicyclic) bond motifs is 1. The number of aryl methyl sites for hydroxylation is 1. The van der Waals surface area contributed by atoms with E-state index in [1.165, 1.54) is 0 Å². The summed E-state index contributed by atoms with van der Waals surface area (Å²) >= 11 is 0. The van der Waals surface area contributed by atoms with Crippen LogP contribution >= 0.6 is 0 Å². The van der Waals surface area contributed by atoms with Gasteiger partial charge in [-0.1, -0.05) is 18.2 Å². The van der Waals surface area contributed by atoms with E-state index in [1.807, 2.05) is 49.6 Å². The Labute approximate surface area is 107 Å². The van der Waals surface area contributed by atoms with E-state index in [1.54, 1.807) is 4.90 Å². The number of aromatic nitrogens is 1. The molecule has 0 aliphatic carbocycles. The zero-order valence-corrected chi connectivity index (χ0v) is 10.4. The molecule has 1 amide bonds. The summed E-state index contributed by atoms with van der Waals surface area (Å²) in [5, 5.41) is 0. The van der Waals surface area contributed by atoms with Crippen LogP contribution < -0.4 is 4.90 Å². The minimum absolute atomic E-state index is 0.00482. The van der Waals surface area contributed by atoms with Gasteiger partial charge in [-0.25, -0.2) is 0 Å². The lowest BCUT2D eigenvalue weighted by atomic mass is 10.0. The monoisotopic (exact) mass is 240 g/mol. The van der Waals surface area contributed by atoms with Crippen LogP contribution in [-0.4, -0.2) is 17.5 Å². The van der Waals surface area contributed by atoms with Crippen LogP contribution in [0.2, 0.25) is 0 Å². The summed E-state index contributed by atoms with van der Waals surface area (Å²) in [7, 11) is 1.85. The Kier molecular flexibility index (Phi) is 2.67. The molecule has 0 bridgehead atoms. The molecule has 0 radical (unpaired) electrons. The van der Waals surface area contributed by atoms with Crippen molar-refractivity contribution in [3.63, 3.8) is 0 Å². The number of hydrogen-bond acceptors (Lipinski definition) is 1. The lowest BCUT2D eigenvalue weighted by Gasteiger charge is -2.21. The number of rotatable bonds is 2. The van der Waals surface area contributed by atoms with Gasteiger partial charge in [-0.2, -0.15) is 0 Å². The van der Waals surface area contributed by atoms with E-state index in [2.05, 4.69) is 10.6 Å². The molecular formula is C15H16N2O. The van der Waals surface area contributed by atoms with Gasteiger partial charge in [0, 0.05) is 31.2 Å². The minimum atomic E-state index is 0.00482. The van der Waals surface area contributed by atoms with Crippen molar-refractivity contribution >= 4 is 11.6 Å². The summed E-state index contributed by atoms with van der Waals surface area (Å²) in [5.74, 6) is 0.184. The van der Waals surface area contributed by atoms with E-state index in [4.69, 9.17) is 0 Å². The third-order valence-corrected chi connectivity index (χ3v) is 3.65. The topological polar surface area (TPSA) is 25.2 Å². The first-order valence-corrected chi connectivity index (χ1v) is 6.25. The Morgan fingerprint density at radius 2 is 2.00 bits per heavy atom. The lowest BCUT2D eigenvalue weighted by Crippen LogP contribution is -2.30. The molecule has 3 rings (SSSR count). The van der Waals surface area contributed by atoms with Crippen molar-refractivity contribution in [2.45, 2.75) is 18.9 Å². The molecule has 1 aliphatic rings. The first-order chi connectivity index (χ1) is 8.77. The zero-order valence-electron chi connectivity index (χ0n) is 10.4. The molecule has 0 saturated heterocycles. The van der Waals surface area contributed by atoms with Crippen LogP contribution in [-0.2, 0) is 11.3 Å². The van der Waals surface area contributed by atoms with Crippen LogP contribution in [0.3, 0.4) is 0 Å². The number of nitrogens with zero attached hydrogens (tertiary/aromatic N) is 2. The van der Waals surface area contributed by atoms with Gasteiger partial charge in [0.15, 0.2) is 0 Å². The molecule has 18 heavy (non-hydrogen) atoms. The van der Waals surface area contributed by atoms with Crippen LogP contribution in [0.15, 0.2) is 48.7 Å². The van der Waals surface area contributed by atoms with Crippen molar-refractivity contribution in [3.8, 4) is 0 Å². The molecule has 2 heterocycles. The molecule has 1 aromatic heterocycles. The Morgan fingerprint density at radius 1 is 1.22 bits per heavy atom. The number of carbonyl (C=O) groups is 1. The molecule has 3 heteroatoms. The summed E-state index contributed by atoms with van der Waals surface area (Å²) in [4.78, 5) is 14.3. The summed E-state index contributed by atoms with van der Waals surface area (Å²) in [6.45, 7) is 0.946. The molecule has 3 nitrogen and oxygen atoms in total. The maximum atomic E-state index is 12.5. The fraction of sp³-hybridized carbons (Fsp3) is 0.267. The Morgan fingerprint density at radius 3 is 2.78 bits per heavy atom. The fourth-order valence-electron chi connectivity index (χ4n) is 2.63. The minimum Gasteiger partial charge on any atom is -0.351 e. The Bertz CT molecular complexity index is 559. The van der Waals surface area contributed by atoms with Crippen LogP contribution in [0.25, 0.3) is 0 Å². The molecule has 0 fully saturated rings. The smallest absolute Gasteiger partial charge is 0.235 e. The number of likely N-dealkylation sites (N-methyl/N-ethyl adjacent to an activating group) is 1. The van der Waals surface area contributed by atoms with Crippen LogP contribution in [0.4, 0.5) is 5.69 Å². The normalized spacial score (nSPS) is 17.5. The molecule has 0 N–H and O–H groups in total. The predicted octanol–water partition coefficient (Wildman–Crippen LogP) is 2.64. The van der Waals surface area contributed by atoms with Crippen molar-refractivity contribution in [1.82, 2.24) is 4.57 Å². The number of anilines is 1. The second-order valence-corrected chi connectivity index (χ2v) is 4.70. The van der Waals surface area contributed by atoms with Gasteiger partial charge < -0.3 is 9.47 Å². The molecule has 2 aromatic rings. The second-order valence-electron chi connectivity index (χ2n) is 4.70. The first kappa shape index (κ1) is 11.1. The molecular weight excluding hydrogens is 224 g/mol. The first-order valence-electron chi connectivity index (χ1n) is 6.25. The van der Waals surface area contributed by atoms with Crippen molar-refractivity contribution in [2.24, 2.45) is 0 Å². The maximum absolute atomic E-state index is 12.5. The van der Waals surface area contributed by atoms with E-state index in [0.717, 1.165) is 24.3 Å². The Hall–Kier alpha value is -2.03.